The molecule has 1 heterocycles. The fourth-order valence-corrected chi connectivity index (χ4v) is 5.98. The second kappa shape index (κ2) is 8.82. The molecule has 0 aromatic rings. The molecule has 6 atom stereocenters. The first-order valence-electron chi connectivity index (χ1n) is 11.1. The van der Waals surface area contributed by atoms with Gasteiger partial charge >= 0.3 is 0 Å². The molecular weight excluding hydrogens is 340 g/mol. The maximum absolute atomic E-state index is 10.7. The van der Waals surface area contributed by atoms with Gasteiger partial charge in [-0.1, -0.05) is 58.3 Å². The van der Waals surface area contributed by atoms with Crippen molar-refractivity contribution >= 4 is 0 Å². The molecule has 1 spiro atoms. The zero-order valence-electron chi connectivity index (χ0n) is 17.4. The van der Waals surface area contributed by atoms with Gasteiger partial charge < -0.3 is 19.7 Å². The quantitative estimate of drug-likeness (QED) is 0.521. The SMILES string of the molecule is CCCCCCC[C@H](O)C#C[C@H]1[C@H](O)CC[C@@]2(C)[C@@H]1C(CC)C21OCCO1. The van der Waals surface area contributed by atoms with E-state index in [4.69, 9.17) is 9.47 Å². The summed E-state index contributed by atoms with van der Waals surface area (Å²) in [6.07, 6.45) is 8.24. The van der Waals surface area contributed by atoms with Crippen molar-refractivity contribution < 1.29 is 19.7 Å². The van der Waals surface area contributed by atoms with Crippen LogP contribution in [0.25, 0.3) is 0 Å². The van der Waals surface area contributed by atoms with Crippen molar-refractivity contribution in [3.05, 3.63) is 0 Å². The molecule has 3 fully saturated rings. The summed E-state index contributed by atoms with van der Waals surface area (Å²) in [7, 11) is 0. The molecule has 0 bridgehead atoms. The third-order valence-electron chi connectivity index (χ3n) is 7.37. The molecule has 2 saturated carbocycles. The van der Waals surface area contributed by atoms with Crippen LogP contribution in [0.2, 0.25) is 0 Å². The molecule has 2 aliphatic carbocycles. The molecule has 3 rings (SSSR count). The molecule has 1 unspecified atom stereocenters. The molecule has 154 valence electrons. The van der Waals surface area contributed by atoms with Crippen molar-refractivity contribution in [1.82, 2.24) is 0 Å². The Balaban J connectivity index is 1.65. The van der Waals surface area contributed by atoms with Gasteiger partial charge in [0.25, 0.3) is 0 Å². The lowest BCUT2D eigenvalue weighted by Crippen LogP contribution is -2.74. The number of hydrogen-bond acceptors (Lipinski definition) is 4. The van der Waals surface area contributed by atoms with Gasteiger partial charge in [-0.25, -0.2) is 0 Å². The normalized spacial score (nSPS) is 38.0. The van der Waals surface area contributed by atoms with E-state index in [1.54, 1.807) is 0 Å². The molecule has 2 N–H and O–H groups in total. The Morgan fingerprint density at radius 2 is 1.81 bits per heavy atom. The lowest BCUT2D eigenvalue weighted by atomic mass is 9.41. The van der Waals surface area contributed by atoms with Crippen LogP contribution in [0.3, 0.4) is 0 Å². The highest BCUT2D eigenvalue weighted by molar-refractivity contribution is 5.24. The van der Waals surface area contributed by atoms with Crippen LogP contribution in [0.1, 0.15) is 78.6 Å². The van der Waals surface area contributed by atoms with Crippen molar-refractivity contribution in [2.45, 2.75) is 96.6 Å². The molecular formula is C23H38O4. The van der Waals surface area contributed by atoms with Crippen LogP contribution in [-0.2, 0) is 9.47 Å². The van der Waals surface area contributed by atoms with Crippen LogP contribution < -0.4 is 0 Å². The molecule has 0 radical (unpaired) electrons. The third-order valence-corrected chi connectivity index (χ3v) is 7.37. The summed E-state index contributed by atoms with van der Waals surface area (Å²) in [5.41, 5.74) is -0.0894. The third kappa shape index (κ3) is 3.69. The largest absolute Gasteiger partial charge is 0.392 e. The summed E-state index contributed by atoms with van der Waals surface area (Å²) < 4.78 is 12.3. The van der Waals surface area contributed by atoms with Gasteiger partial charge in [0.2, 0.25) is 0 Å². The Kier molecular flexibility index (Phi) is 6.90. The van der Waals surface area contributed by atoms with Crippen LogP contribution in [0, 0.1) is 35.0 Å². The molecule has 27 heavy (non-hydrogen) atoms. The molecule has 0 amide bonds. The fraction of sp³-hybridized carbons (Fsp3) is 0.913. The van der Waals surface area contributed by atoms with Gasteiger partial charge in [-0.3, -0.25) is 0 Å². The first-order valence-corrected chi connectivity index (χ1v) is 11.1. The van der Waals surface area contributed by atoms with E-state index in [0.29, 0.717) is 13.2 Å². The summed E-state index contributed by atoms with van der Waals surface area (Å²) in [5.74, 6) is 6.32. The molecule has 0 aromatic carbocycles. The molecule has 0 aromatic heterocycles. The van der Waals surface area contributed by atoms with Crippen molar-refractivity contribution in [3.8, 4) is 11.8 Å². The van der Waals surface area contributed by atoms with E-state index in [0.717, 1.165) is 38.5 Å². The van der Waals surface area contributed by atoms with E-state index in [9.17, 15) is 10.2 Å². The standard InChI is InChI=1S/C23H38O4/c1-4-6-7-8-9-10-17(24)11-12-18-20(25)13-14-22(3)21(18)19(5-2)23(22)26-15-16-27-23/h17-21,24-25H,4-10,13-16H2,1-3H3/t17-,18-,19?,20+,21-,22-/m0/s1. The minimum atomic E-state index is -0.583. The molecule has 1 saturated heterocycles. The molecule has 1 aliphatic heterocycles. The lowest BCUT2D eigenvalue weighted by Gasteiger charge is -2.68. The summed E-state index contributed by atoms with van der Waals surface area (Å²) in [5, 5.41) is 21.0. The first kappa shape index (κ1) is 21.1. The summed E-state index contributed by atoms with van der Waals surface area (Å²) >= 11 is 0. The highest BCUT2D eigenvalue weighted by Crippen LogP contribution is 2.70. The Morgan fingerprint density at radius 3 is 2.48 bits per heavy atom. The number of aliphatic hydroxyl groups is 2. The van der Waals surface area contributed by atoms with E-state index in [2.05, 4.69) is 32.6 Å². The van der Waals surface area contributed by atoms with Crippen LogP contribution in [0.5, 0.6) is 0 Å². The summed E-state index contributed by atoms with van der Waals surface area (Å²) in [6.45, 7) is 7.95. The Hall–Kier alpha value is -0.600. The monoisotopic (exact) mass is 378 g/mol. The minimum Gasteiger partial charge on any atom is -0.392 e. The minimum absolute atomic E-state index is 0.0894. The van der Waals surface area contributed by atoms with Gasteiger partial charge in [0.1, 0.15) is 6.10 Å². The number of aliphatic hydroxyl groups excluding tert-OH is 2. The van der Waals surface area contributed by atoms with Crippen LogP contribution in [0.4, 0.5) is 0 Å². The second-order valence-corrected chi connectivity index (χ2v) is 8.96. The molecule has 4 heteroatoms. The summed E-state index contributed by atoms with van der Waals surface area (Å²) in [4.78, 5) is 0. The topological polar surface area (TPSA) is 58.9 Å². The second-order valence-electron chi connectivity index (χ2n) is 8.96. The predicted octanol–water partition coefficient (Wildman–Crippen LogP) is 3.89. The van der Waals surface area contributed by atoms with Crippen LogP contribution in [0.15, 0.2) is 0 Å². The Morgan fingerprint density at radius 1 is 1.11 bits per heavy atom. The number of unbranched alkanes of at least 4 members (excludes halogenated alkanes) is 4. The van der Waals surface area contributed by atoms with E-state index in [-0.39, 0.29) is 23.2 Å². The number of ether oxygens (including phenoxy) is 2. The van der Waals surface area contributed by atoms with Crippen LogP contribution in [-0.4, -0.2) is 41.4 Å². The van der Waals surface area contributed by atoms with Crippen molar-refractivity contribution in [2.24, 2.45) is 23.2 Å². The maximum Gasteiger partial charge on any atom is 0.177 e. The number of rotatable bonds is 7. The van der Waals surface area contributed by atoms with Gasteiger partial charge in [-0.05, 0) is 38.0 Å². The van der Waals surface area contributed by atoms with Gasteiger partial charge in [0.05, 0.1) is 25.2 Å². The average molecular weight is 379 g/mol. The predicted molar refractivity (Wildman–Crippen MR) is 106 cm³/mol. The van der Waals surface area contributed by atoms with E-state index >= 15 is 0 Å². The summed E-state index contributed by atoms with van der Waals surface area (Å²) in [6, 6.07) is 0. The molecule has 3 aliphatic rings. The Labute approximate surface area is 165 Å². The van der Waals surface area contributed by atoms with Crippen molar-refractivity contribution in [3.63, 3.8) is 0 Å². The van der Waals surface area contributed by atoms with E-state index < -0.39 is 18.0 Å². The number of hydrogen-bond donors (Lipinski definition) is 2. The Bertz CT molecular complexity index is 544. The van der Waals surface area contributed by atoms with E-state index in [1.165, 1.54) is 19.3 Å². The molecule has 4 nitrogen and oxygen atoms in total. The lowest BCUT2D eigenvalue weighted by molar-refractivity contribution is -0.384. The van der Waals surface area contributed by atoms with Gasteiger partial charge in [-0.2, -0.15) is 0 Å². The number of fused-ring (bicyclic) bond motifs is 2. The zero-order chi connectivity index (χ0) is 19.5. The highest BCUT2D eigenvalue weighted by atomic mass is 16.7. The van der Waals surface area contributed by atoms with Gasteiger partial charge in [0, 0.05) is 11.3 Å². The van der Waals surface area contributed by atoms with Gasteiger partial charge in [-0.15, -0.1) is 0 Å². The van der Waals surface area contributed by atoms with Crippen LogP contribution >= 0.6 is 0 Å². The fourth-order valence-electron chi connectivity index (χ4n) is 5.98. The van der Waals surface area contributed by atoms with Crippen molar-refractivity contribution in [1.29, 1.82) is 0 Å². The average Bonchev–Trinajstić information content (AvgIpc) is 3.17. The van der Waals surface area contributed by atoms with Crippen molar-refractivity contribution in [2.75, 3.05) is 13.2 Å². The highest BCUT2D eigenvalue weighted by Gasteiger charge is 2.75. The maximum atomic E-state index is 10.7. The van der Waals surface area contributed by atoms with E-state index in [1.807, 2.05) is 0 Å². The smallest absolute Gasteiger partial charge is 0.177 e. The first-order chi connectivity index (χ1) is 13.0. The van der Waals surface area contributed by atoms with Gasteiger partial charge in [0.15, 0.2) is 5.79 Å². The zero-order valence-corrected chi connectivity index (χ0v) is 17.4.